The molecule has 0 spiro atoms. The Morgan fingerprint density at radius 3 is 2.79 bits per heavy atom. The maximum Gasteiger partial charge on any atom is 0.0343 e. The fraction of sp³-hybridized carbons (Fsp3) is 0.500. The Hall–Kier alpha value is -1.02. The second-order valence-corrected chi connectivity index (χ2v) is 4.43. The number of hydrogen-bond donors (Lipinski definition) is 2. The zero-order chi connectivity index (χ0) is 10.0. The van der Waals surface area contributed by atoms with Crippen molar-refractivity contribution >= 4 is 5.69 Å². The maximum atomic E-state index is 5.72. The van der Waals surface area contributed by atoms with Crippen molar-refractivity contribution in [2.75, 3.05) is 18.4 Å². The maximum absolute atomic E-state index is 5.72. The monoisotopic (exact) mass is 190 g/mol. The van der Waals surface area contributed by atoms with Crippen LogP contribution in [0, 0.1) is 12.3 Å². The summed E-state index contributed by atoms with van der Waals surface area (Å²) in [5, 5.41) is 3.46. The highest BCUT2D eigenvalue weighted by Crippen LogP contribution is 2.44. The van der Waals surface area contributed by atoms with Crippen LogP contribution in [0.2, 0.25) is 0 Å². The number of benzene rings is 1. The van der Waals surface area contributed by atoms with Gasteiger partial charge in [0.05, 0.1) is 0 Å². The van der Waals surface area contributed by atoms with E-state index in [1.165, 1.54) is 24.1 Å². The highest BCUT2D eigenvalue weighted by molar-refractivity contribution is 5.45. The lowest BCUT2D eigenvalue weighted by molar-refractivity contribution is 0.556. The second-order valence-electron chi connectivity index (χ2n) is 4.43. The van der Waals surface area contributed by atoms with Gasteiger partial charge in [-0.3, -0.25) is 0 Å². The summed E-state index contributed by atoms with van der Waals surface area (Å²) >= 11 is 0. The fourth-order valence-electron chi connectivity index (χ4n) is 1.67. The van der Waals surface area contributed by atoms with Crippen LogP contribution in [0.1, 0.15) is 18.4 Å². The summed E-state index contributed by atoms with van der Waals surface area (Å²) in [6, 6.07) is 8.48. The van der Waals surface area contributed by atoms with Gasteiger partial charge >= 0.3 is 0 Å². The van der Waals surface area contributed by atoms with E-state index in [0.29, 0.717) is 5.41 Å². The normalized spacial score (nSPS) is 17.9. The van der Waals surface area contributed by atoms with Crippen molar-refractivity contribution in [3.8, 4) is 0 Å². The molecule has 0 aliphatic heterocycles. The first-order valence-electron chi connectivity index (χ1n) is 5.25. The van der Waals surface area contributed by atoms with E-state index in [2.05, 4.69) is 36.5 Å². The first-order chi connectivity index (χ1) is 6.74. The zero-order valence-electron chi connectivity index (χ0n) is 8.72. The number of hydrogen-bond acceptors (Lipinski definition) is 2. The Balaban J connectivity index is 1.92. The van der Waals surface area contributed by atoms with Gasteiger partial charge in [0, 0.05) is 12.2 Å². The Morgan fingerprint density at radius 2 is 2.21 bits per heavy atom. The van der Waals surface area contributed by atoms with Gasteiger partial charge in [-0.2, -0.15) is 0 Å². The second kappa shape index (κ2) is 3.62. The van der Waals surface area contributed by atoms with Gasteiger partial charge in [0.2, 0.25) is 0 Å². The molecule has 0 aromatic heterocycles. The molecule has 0 bridgehead atoms. The number of anilines is 1. The van der Waals surface area contributed by atoms with Gasteiger partial charge in [-0.1, -0.05) is 12.1 Å². The van der Waals surface area contributed by atoms with Crippen LogP contribution >= 0.6 is 0 Å². The van der Waals surface area contributed by atoms with Crippen molar-refractivity contribution < 1.29 is 0 Å². The van der Waals surface area contributed by atoms with Crippen LogP contribution < -0.4 is 11.1 Å². The molecule has 2 heteroatoms. The summed E-state index contributed by atoms with van der Waals surface area (Å²) < 4.78 is 0. The standard InChI is InChI=1S/C12H18N2/c1-10-3-2-4-11(7-10)14-9-12(8-13)5-6-12/h2-4,7,14H,5-6,8-9,13H2,1H3. The summed E-state index contributed by atoms with van der Waals surface area (Å²) in [5.74, 6) is 0. The van der Waals surface area contributed by atoms with Crippen LogP contribution in [-0.2, 0) is 0 Å². The van der Waals surface area contributed by atoms with Crippen LogP contribution in [0.15, 0.2) is 24.3 Å². The van der Waals surface area contributed by atoms with Gasteiger partial charge in [0.15, 0.2) is 0 Å². The van der Waals surface area contributed by atoms with E-state index in [1.54, 1.807) is 0 Å². The van der Waals surface area contributed by atoms with Crippen LogP contribution in [0.4, 0.5) is 5.69 Å². The molecule has 14 heavy (non-hydrogen) atoms. The molecule has 1 fully saturated rings. The fourth-order valence-corrected chi connectivity index (χ4v) is 1.67. The number of rotatable bonds is 4. The third-order valence-electron chi connectivity index (χ3n) is 3.08. The minimum Gasteiger partial charge on any atom is -0.384 e. The van der Waals surface area contributed by atoms with Gasteiger partial charge in [0.1, 0.15) is 0 Å². The number of nitrogens with two attached hydrogens (primary N) is 1. The molecule has 0 radical (unpaired) electrons. The average molecular weight is 190 g/mol. The van der Waals surface area contributed by atoms with Gasteiger partial charge in [0.25, 0.3) is 0 Å². The lowest BCUT2D eigenvalue weighted by Crippen LogP contribution is -2.24. The predicted octanol–water partition coefficient (Wildman–Crippen LogP) is 2.15. The topological polar surface area (TPSA) is 38.0 Å². The first-order valence-corrected chi connectivity index (χ1v) is 5.25. The highest BCUT2D eigenvalue weighted by atomic mass is 14.9. The van der Waals surface area contributed by atoms with E-state index in [0.717, 1.165) is 13.1 Å². The quantitative estimate of drug-likeness (QED) is 0.763. The number of aryl methyl sites for hydroxylation is 1. The van der Waals surface area contributed by atoms with Crippen LogP contribution in [0.3, 0.4) is 0 Å². The Morgan fingerprint density at radius 1 is 1.43 bits per heavy atom. The molecule has 0 unspecified atom stereocenters. The molecule has 1 aromatic rings. The smallest absolute Gasteiger partial charge is 0.0343 e. The molecular formula is C12H18N2. The molecule has 1 aliphatic rings. The van der Waals surface area contributed by atoms with Crippen molar-refractivity contribution in [2.45, 2.75) is 19.8 Å². The molecular weight excluding hydrogens is 172 g/mol. The molecule has 1 saturated carbocycles. The van der Waals surface area contributed by atoms with Gasteiger partial charge in [-0.25, -0.2) is 0 Å². The highest BCUT2D eigenvalue weighted by Gasteiger charge is 2.40. The Bertz CT molecular complexity index is 316. The summed E-state index contributed by atoms with van der Waals surface area (Å²) in [6.45, 7) is 3.94. The third-order valence-corrected chi connectivity index (χ3v) is 3.08. The van der Waals surface area contributed by atoms with E-state index in [9.17, 15) is 0 Å². The SMILES string of the molecule is Cc1cccc(NCC2(CN)CC2)c1. The first kappa shape index (κ1) is 9.53. The van der Waals surface area contributed by atoms with E-state index in [-0.39, 0.29) is 0 Å². The van der Waals surface area contributed by atoms with E-state index >= 15 is 0 Å². The van der Waals surface area contributed by atoms with Gasteiger partial charge < -0.3 is 11.1 Å². The Kier molecular flexibility index (Phi) is 2.46. The lowest BCUT2D eigenvalue weighted by Gasteiger charge is -2.14. The molecule has 1 aliphatic carbocycles. The average Bonchev–Trinajstić information content (AvgIpc) is 2.96. The van der Waals surface area contributed by atoms with Crippen LogP contribution in [0.25, 0.3) is 0 Å². The van der Waals surface area contributed by atoms with Crippen molar-refractivity contribution in [1.82, 2.24) is 0 Å². The number of nitrogens with one attached hydrogen (secondary N) is 1. The molecule has 0 atom stereocenters. The van der Waals surface area contributed by atoms with E-state index in [4.69, 9.17) is 5.73 Å². The minimum atomic E-state index is 0.406. The summed E-state index contributed by atoms with van der Waals surface area (Å²) in [6.07, 6.45) is 2.56. The van der Waals surface area contributed by atoms with Crippen molar-refractivity contribution in [3.05, 3.63) is 29.8 Å². The molecule has 2 nitrogen and oxygen atoms in total. The molecule has 2 rings (SSSR count). The zero-order valence-corrected chi connectivity index (χ0v) is 8.72. The van der Waals surface area contributed by atoms with Crippen molar-refractivity contribution in [1.29, 1.82) is 0 Å². The lowest BCUT2D eigenvalue weighted by atomic mass is 10.1. The van der Waals surface area contributed by atoms with Crippen molar-refractivity contribution in [2.24, 2.45) is 11.1 Å². The Labute approximate surface area is 85.5 Å². The largest absolute Gasteiger partial charge is 0.384 e. The van der Waals surface area contributed by atoms with Gasteiger partial charge in [-0.05, 0) is 49.4 Å². The van der Waals surface area contributed by atoms with Crippen molar-refractivity contribution in [3.63, 3.8) is 0 Å². The summed E-state index contributed by atoms with van der Waals surface area (Å²) in [5.41, 5.74) is 8.64. The third kappa shape index (κ3) is 2.07. The molecule has 1 aromatic carbocycles. The van der Waals surface area contributed by atoms with Crippen LogP contribution in [-0.4, -0.2) is 13.1 Å². The minimum absolute atomic E-state index is 0.406. The van der Waals surface area contributed by atoms with Gasteiger partial charge in [-0.15, -0.1) is 0 Å². The molecule has 0 saturated heterocycles. The molecule has 76 valence electrons. The summed E-state index contributed by atoms with van der Waals surface area (Å²) in [7, 11) is 0. The molecule has 0 heterocycles. The molecule has 0 amide bonds. The van der Waals surface area contributed by atoms with Crippen LogP contribution in [0.5, 0.6) is 0 Å². The predicted molar refractivity (Wildman–Crippen MR) is 60.4 cm³/mol. The molecule has 3 N–H and O–H groups in total. The van der Waals surface area contributed by atoms with E-state index < -0.39 is 0 Å². The summed E-state index contributed by atoms with van der Waals surface area (Å²) in [4.78, 5) is 0. The van der Waals surface area contributed by atoms with E-state index in [1.807, 2.05) is 0 Å².